The zero-order valence-electron chi connectivity index (χ0n) is 25.5. The van der Waals surface area contributed by atoms with E-state index >= 15 is 0 Å². The van der Waals surface area contributed by atoms with Crippen molar-refractivity contribution in [3.8, 4) is 0 Å². The van der Waals surface area contributed by atoms with E-state index in [9.17, 15) is 14.4 Å². The first-order valence-corrected chi connectivity index (χ1v) is 16.0. The first-order chi connectivity index (χ1) is 18.3. The van der Waals surface area contributed by atoms with Gasteiger partial charge in [0.05, 0.1) is 12.2 Å². The Labute approximate surface area is 236 Å². The second-order valence-corrected chi connectivity index (χ2v) is 14.9. The highest BCUT2D eigenvalue weighted by molar-refractivity contribution is 5.92. The van der Waals surface area contributed by atoms with Crippen molar-refractivity contribution in [3.63, 3.8) is 0 Å². The highest BCUT2D eigenvalue weighted by Gasteiger charge is 2.65. The largest absolute Gasteiger partial charge is 0.463 e. The molecule has 0 aromatic heterocycles. The quantitative estimate of drug-likeness (QED) is 0.362. The molecule has 0 unspecified atom stereocenters. The Morgan fingerprint density at radius 3 is 2.31 bits per heavy atom. The molecular formula is C33H53NO5. The van der Waals surface area contributed by atoms with Gasteiger partial charge in [-0.15, -0.1) is 0 Å². The number of carbonyl (C=O) groups is 3. The number of fused-ring (bicyclic) bond motifs is 7. The van der Waals surface area contributed by atoms with Crippen molar-refractivity contribution in [1.82, 2.24) is 4.90 Å². The molecule has 0 aromatic carbocycles. The van der Waals surface area contributed by atoms with Gasteiger partial charge in [0.2, 0.25) is 11.8 Å². The smallest absolute Gasteiger partial charge is 0.302 e. The molecule has 0 bridgehead atoms. The molecule has 5 rings (SSSR count). The molecule has 0 radical (unpaired) electrons. The average Bonchev–Trinajstić information content (AvgIpc) is 3.33. The van der Waals surface area contributed by atoms with Crippen molar-refractivity contribution in [2.45, 2.75) is 131 Å². The lowest BCUT2D eigenvalue weighted by Crippen LogP contribution is -2.54. The van der Waals surface area contributed by atoms with Gasteiger partial charge in [-0.05, 0) is 116 Å². The van der Waals surface area contributed by atoms with E-state index < -0.39 is 0 Å². The lowest BCUT2D eigenvalue weighted by atomic mass is 9.44. The minimum absolute atomic E-state index is 0.124. The van der Waals surface area contributed by atoms with Crippen molar-refractivity contribution in [1.29, 1.82) is 0 Å². The lowest BCUT2D eigenvalue weighted by Gasteiger charge is -2.61. The Hall–Kier alpha value is -1.43. The van der Waals surface area contributed by atoms with Gasteiger partial charge in [0.25, 0.3) is 0 Å². The van der Waals surface area contributed by atoms with Crippen LogP contribution in [0.15, 0.2) is 0 Å². The average molecular weight is 544 g/mol. The highest BCUT2D eigenvalue weighted by atomic mass is 16.5. The fraction of sp³-hybridized carbons (Fsp3) is 0.909. The Kier molecular flexibility index (Phi) is 8.02. The van der Waals surface area contributed by atoms with Crippen LogP contribution >= 0.6 is 0 Å². The van der Waals surface area contributed by atoms with Crippen molar-refractivity contribution in [2.75, 3.05) is 6.54 Å². The van der Waals surface area contributed by atoms with Crippen molar-refractivity contribution < 1.29 is 23.9 Å². The van der Waals surface area contributed by atoms with E-state index in [2.05, 4.69) is 27.7 Å². The molecule has 0 spiro atoms. The summed E-state index contributed by atoms with van der Waals surface area (Å²) in [5.74, 6) is 4.06. The highest BCUT2D eigenvalue weighted by Crippen LogP contribution is 2.70. The predicted octanol–water partition coefficient (Wildman–Crippen LogP) is 6.40. The normalized spacial score (nSPS) is 45.4. The van der Waals surface area contributed by atoms with Crippen LogP contribution in [0.5, 0.6) is 0 Å². The van der Waals surface area contributed by atoms with Crippen molar-refractivity contribution in [2.24, 2.45) is 52.3 Å². The van der Waals surface area contributed by atoms with E-state index in [-0.39, 0.29) is 35.9 Å². The number of rotatable bonds is 6. The predicted molar refractivity (Wildman–Crippen MR) is 150 cm³/mol. The van der Waals surface area contributed by atoms with Crippen LogP contribution in [0.25, 0.3) is 0 Å². The third-order valence-electron chi connectivity index (χ3n) is 12.7. The van der Waals surface area contributed by atoms with Gasteiger partial charge in [0, 0.05) is 27.3 Å². The molecule has 5 fully saturated rings. The number of amides is 2. The molecule has 2 amide bonds. The molecule has 0 aromatic rings. The topological polar surface area (TPSA) is 72.9 Å². The number of hydrogen-bond donors (Lipinski definition) is 0. The number of nitrogens with zero attached hydrogens (tertiary/aromatic N) is 1. The van der Waals surface area contributed by atoms with E-state index in [0.717, 1.165) is 43.4 Å². The van der Waals surface area contributed by atoms with E-state index in [1.165, 1.54) is 57.3 Å². The second kappa shape index (κ2) is 10.8. The summed E-state index contributed by atoms with van der Waals surface area (Å²) in [6, 6.07) is 0. The number of carbonyl (C=O) groups excluding carboxylic acids is 3. The number of imide groups is 1. The molecule has 6 nitrogen and oxygen atoms in total. The first-order valence-electron chi connectivity index (χ1n) is 16.0. The molecule has 4 aliphatic carbocycles. The summed E-state index contributed by atoms with van der Waals surface area (Å²) in [4.78, 5) is 36.7. The Bertz CT molecular complexity index is 952. The van der Waals surface area contributed by atoms with Crippen LogP contribution < -0.4 is 0 Å². The molecule has 12 atom stereocenters. The molecule has 39 heavy (non-hydrogen) atoms. The van der Waals surface area contributed by atoms with Crippen LogP contribution in [0.3, 0.4) is 0 Å². The fourth-order valence-corrected chi connectivity index (χ4v) is 10.9. The van der Waals surface area contributed by atoms with Gasteiger partial charge in [0.1, 0.15) is 6.10 Å². The summed E-state index contributed by atoms with van der Waals surface area (Å²) in [7, 11) is 0. The molecule has 220 valence electrons. The van der Waals surface area contributed by atoms with Gasteiger partial charge in [-0.1, -0.05) is 27.7 Å². The zero-order chi connectivity index (χ0) is 28.3. The third kappa shape index (κ3) is 5.10. The van der Waals surface area contributed by atoms with Gasteiger partial charge in [-0.25, -0.2) is 0 Å². The van der Waals surface area contributed by atoms with Gasteiger partial charge < -0.3 is 9.47 Å². The molecule has 4 saturated carbocycles. The van der Waals surface area contributed by atoms with Gasteiger partial charge in [-0.3, -0.25) is 19.3 Å². The Morgan fingerprint density at radius 2 is 1.64 bits per heavy atom. The summed E-state index contributed by atoms with van der Waals surface area (Å²) in [6.07, 6.45) is 12.5. The SMILES string of the molecule is CC(=O)O[C@H]1CC[C@@]2(C)[C@@H](CC[C@@H]3[C@@H]2CC[C@]2(C)[C@H]4[C@H](C)[C@H](CC[C@@H](C)CN(C(C)=O)C(C)=O)O[C@@H]4C[C@@H]32)C1. The minimum atomic E-state index is -0.163. The van der Waals surface area contributed by atoms with Crippen LogP contribution in [0.2, 0.25) is 0 Å². The van der Waals surface area contributed by atoms with Crippen LogP contribution in [0, 0.1) is 52.3 Å². The summed E-state index contributed by atoms with van der Waals surface area (Å²) in [5, 5.41) is 0. The maximum atomic E-state index is 11.8. The Balaban J connectivity index is 1.21. The van der Waals surface area contributed by atoms with E-state index in [1.54, 1.807) is 6.92 Å². The van der Waals surface area contributed by atoms with E-state index in [1.807, 2.05) is 0 Å². The first kappa shape index (κ1) is 29.1. The minimum Gasteiger partial charge on any atom is -0.463 e. The summed E-state index contributed by atoms with van der Waals surface area (Å²) < 4.78 is 12.5. The fourth-order valence-electron chi connectivity index (χ4n) is 10.9. The number of ether oxygens (including phenoxy) is 2. The van der Waals surface area contributed by atoms with Crippen LogP contribution in [-0.4, -0.2) is 47.5 Å². The maximum Gasteiger partial charge on any atom is 0.302 e. The van der Waals surface area contributed by atoms with Crippen molar-refractivity contribution in [3.05, 3.63) is 0 Å². The zero-order valence-corrected chi connectivity index (χ0v) is 25.5. The molecule has 1 aliphatic heterocycles. The van der Waals surface area contributed by atoms with E-state index in [0.29, 0.717) is 41.2 Å². The van der Waals surface area contributed by atoms with Gasteiger partial charge in [0.15, 0.2) is 0 Å². The van der Waals surface area contributed by atoms with Gasteiger partial charge >= 0.3 is 5.97 Å². The third-order valence-corrected chi connectivity index (χ3v) is 12.7. The second-order valence-electron chi connectivity index (χ2n) is 14.9. The summed E-state index contributed by atoms with van der Waals surface area (Å²) in [5.41, 5.74) is 0.751. The molecule has 1 saturated heterocycles. The number of hydrogen-bond acceptors (Lipinski definition) is 5. The molecule has 1 heterocycles. The van der Waals surface area contributed by atoms with Gasteiger partial charge in [-0.2, -0.15) is 0 Å². The molecule has 5 aliphatic rings. The van der Waals surface area contributed by atoms with Crippen LogP contribution in [0.1, 0.15) is 113 Å². The Morgan fingerprint density at radius 1 is 0.949 bits per heavy atom. The summed E-state index contributed by atoms with van der Waals surface area (Å²) >= 11 is 0. The molecule has 6 heteroatoms. The molecule has 0 N–H and O–H groups in total. The van der Waals surface area contributed by atoms with Crippen molar-refractivity contribution >= 4 is 17.8 Å². The summed E-state index contributed by atoms with van der Waals surface area (Å²) in [6.45, 7) is 14.8. The van der Waals surface area contributed by atoms with E-state index in [4.69, 9.17) is 9.47 Å². The number of esters is 1. The standard InChI is InChI=1S/C33H53NO5/c1-19(18-34(21(3)35)22(4)36)8-11-29-20(2)31-30(39-29)17-28-26-10-9-24-16-25(38-23(5)37)12-14-32(24,6)27(26)13-15-33(28,31)7/h19-20,24-31H,8-18H2,1-7H3/t19-,20-,24+,25+,26-,27+,28+,29+,30-,31+,32+,33+/m1/s1. The monoisotopic (exact) mass is 543 g/mol. The van der Waals surface area contributed by atoms with Crippen LogP contribution in [-0.2, 0) is 23.9 Å². The maximum absolute atomic E-state index is 11.8. The van der Waals surface area contributed by atoms with Crippen LogP contribution in [0.4, 0.5) is 0 Å². The lowest BCUT2D eigenvalue weighted by molar-refractivity contribution is -0.160. The molecular weight excluding hydrogens is 490 g/mol.